The van der Waals surface area contributed by atoms with Crippen LogP contribution in [-0.2, 0) is 9.47 Å². The van der Waals surface area contributed by atoms with Gasteiger partial charge >= 0.3 is 0 Å². The number of anilines is 2. The number of nitrogens with one attached hydrogen (secondary N) is 1. The van der Waals surface area contributed by atoms with Crippen LogP contribution in [0.25, 0.3) is 22.3 Å². The van der Waals surface area contributed by atoms with Gasteiger partial charge in [0.2, 0.25) is 11.9 Å². The number of nitrogens with two attached hydrogens (primary N) is 1. The fourth-order valence-electron chi connectivity index (χ4n) is 4.03. The Kier molecular flexibility index (Phi) is 4.72. The first-order valence-electron chi connectivity index (χ1n) is 9.96. The van der Waals surface area contributed by atoms with Crippen molar-refractivity contribution in [1.82, 2.24) is 30.1 Å². The van der Waals surface area contributed by atoms with Crippen molar-refractivity contribution in [3.8, 4) is 11.3 Å². The molecule has 0 amide bonds. The highest BCUT2D eigenvalue weighted by molar-refractivity contribution is 5.94. The number of nitrogen functional groups attached to an aromatic ring is 1. The van der Waals surface area contributed by atoms with Gasteiger partial charge in [0.15, 0.2) is 5.65 Å². The van der Waals surface area contributed by atoms with Crippen LogP contribution in [-0.4, -0.2) is 69.7 Å². The zero-order chi connectivity index (χ0) is 19.8. The van der Waals surface area contributed by atoms with Crippen molar-refractivity contribution in [2.75, 3.05) is 50.2 Å². The summed E-state index contributed by atoms with van der Waals surface area (Å²) in [6.07, 6.45) is 3.60. The first-order valence-corrected chi connectivity index (χ1v) is 9.96. The van der Waals surface area contributed by atoms with Gasteiger partial charge in [-0.3, -0.25) is 5.10 Å². The second-order valence-electron chi connectivity index (χ2n) is 7.42. The lowest BCUT2D eigenvalue weighted by Crippen LogP contribution is -2.37. The molecule has 2 aliphatic rings. The molecule has 2 fully saturated rings. The molecule has 152 valence electrons. The van der Waals surface area contributed by atoms with Crippen LogP contribution in [0.4, 0.5) is 11.9 Å². The Morgan fingerprint density at radius 2 is 1.83 bits per heavy atom. The van der Waals surface area contributed by atoms with E-state index in [-0.39, 0.29) is 5.95 Å². The van der Waals surface area contributed by atoms with Gasteiger partial charge in [0.25, 0.3) is 0 Å². The Bertz CT molecular complexity index is 1020. The number of aromatic amines is 1. The SMILES string of the molecule is Cc1nc(N)ncc1-c1nc(N2CCOCC2)nc2[nH]nc(C3CCOCC3)c12. The van der Waals surface area contributed by atoms with Crippen LogP contribution < -0.4 is 10.6 Å². The fraction of sp³-hybridized carbons (Fsp3) is 0.526. The van der Waals surface area contributed by atoms with E-state index >= 15 is 0 Å². The lowest BCUT2D eigenvalue weighted by molar-refractivity contribution is 0.0847. The number of rotatable bonds is 3. The highest BCUT2D eigenvalue weighted by Crippen LogP contribution is 2.36. The minimum atomic E-state index is 0.252. The molecule has 5 heterocycles. The van der Waals surface area contributed by atoms with Crippen LogP contribution in [0.3, 0.4) is 0 Å². The maximum absolute atomic E-state index is 5.78. The first kappa shape index (κ1) is 18.2. The molecule has 29 heavy (non-hydrogen) atoms. The molecule has 0 aromatic carbocycles. The number of H-pyrrole nitrogens is 1. The van der Waals surface area contributed by atoms with Gasteiger partial charge in [0.1, 0.15) is 0 Å². The number of nitrogens with zero attached hydrogens (tertiary/aromatic N) is 6. The second-order valence-corrected chi connectivity index (χ2v) is 7.42. The van der Waals surface area contributed by atoms with Crippen molar-refractivity contribution in [1.29, 1.82) is 0 Å². The van der Waals surface area contributed by atoms with Crippen LogP contribution in [0.5, 0.6) is 0 Å². The zero-order valence-corrected chi connectivity index (χ0v) is 16.4. The molecule has 0 unspecified atom stereocenters. The molecule has 0 radical (unpaired) electrons. The number of ether oxygens (including phenoxy) is 2. The van der Waals surface area contributed by atoms with Gasteiger partial charge in [0.05, 0.1) is 35.7 Å². The number of aryl methyl sites for hydroxylation is 1. The molecule has 0 atom stereocenters. The smallest absolute Gasteiger partial charge is 0.228 e. The van der Waals surface area contributed by atoms with E-state index in [0.717, 1.165) is 72.8 Å². The summed E-state index contributed by atoms with van der Waals surface area (Å²) in [6.45, 7) is 6.24. The number of aromatic nitrogens is 6. The van der Waals surface area contributed by atoms with Crippen molar-refractivity contribution in [2.24, 2.45) is 0 Å². The molecule has 2 saturated heterocycles. The van der Waals surface area contributed by atoms with Crippen LogP contribution in [0.15, 0.2) is 6.20 Å². The summed E-state index contributed by atoms with van der Waals surface area (Å²) in [5.74, 6) is 1.22. The lowest BCUT2D eigenvalue weighted by Gasteiger charge is -2.27. The molecule has 3 N–H and O–H groups in total. The number of fused-ring (bicyclic) bond motifs is 1. The zero-order valence-electron chi connectivity index (χ0n) is 16.4. The highest BCUT2D eigenvalue weighted by Gasteiger charge is 2.27. The molecule has 0 saturated carbocycles. The molecule has 10 heteroatoms. The number of hydrogen-bond acceptors (Lipinski definition) is 9. The molecule has 3 aromatic heterocycles. The van der Waals surface area contributed by atoms with E-state index in [4.69, 9.17) is 25.2 Å². The lowest BCUT2D eigenvalue weighted by atomic mass is 9.93. The topological polar surface area (TPSA) is 128 Å². The standard InChI is InChI=1S/C19H24N8O2/c1-11-13(10-21-18(20)22-11)16-14-15(12-2-6-28-7-3-12)25-26-17(14)24-19(23-16)27-4-8-29-9-5-27/h10,12H,2-9H2,1H3,(H2,20,21,22)(H,23,24,25,26). The molecule has 0 aliphatic carbocycles. The molecule has 2 aliphatic heterocycles. The molecular formula is C19H24N8O2. The minimum absolute atomic E-state index is 0.252. The van der Waals surface area contributed by atoms with Crippen molar-refractivity contribution < 1.29 is 9.47 Å². The Labute approximate surface area is 167 Å². The minimum Gasteiger partial charge on any atom is -0.381 e. The number of morpholine rings is 1. The predicted molar refractivity (Wildman–Crippen MR) is 108 cm³/mol. The van der Waals surface area contributed by atoms with Gasteiger partial charge in [-0.2, -0.15) is 10.1 Å². The summed E-state index contributed by atoms with van der Waals surface area (Å²) in [7, 11) is 0. The largest absolute Gasteiger partial charge is 0.381 e. The molecule has 10 nitrogen and oxygen atoms in total. The quantitative estimate of drug-likeness (QED) is 0.675. The molecular weight excluding hydrogens is 372 g/mol. The summed E-state index contributed by atoms with van der Waals surface area (Å²) in [5.41, 5.74) is 9.92. The summed E-state index contributed by atoms with van der Waals surface area (Å²) in [4.78, 5) is 20.4. The average molecular weight is 396 g/mol. The van der Waals surface area contributed by atoms with Crippen LogP contribution in [0, 0.1) is 6.92 Å². The van der Waals surface area contributed by atoms with Crippen LogP contribution >= 0.6 is 0 Å². The second kappa shape index (κ2) is 7.53. The predicted octanol–water partition coefficient (Wildman–Crippen LogP) is 1.43. The van der Waals surface area contributed by atoms with E-state index in [1.165, 1.54) is 0 Å². The van der Waals surface area contributed by atoms with Gasteiger partial charge in [-0.1, -0.05) is 0 Å². The normalized spacial score (nSPS) is 18.4. The van der Waals surface area contributed by atoms with E-state index in [2.05, 4.69) is 25.1 Å². The van der Waals surface area contributed by atoms with Gasteiger partial charge in [-0.05, 0) is 19.8 Å². The molecule has 5 rings (SSSR count). The van der Waals surface area contributed by atoms with Crippen molar-refractivity contribution in [2.45, 2.75) is 25.7 Å². The third-order valence-corrected chi connectivity index (χ3v) is 5.59. The van der Waals surface area contributed by atoms with E-state index < -0.39 is 0 Å². The van der Waals surface area contributed by atoms with Crippen molar-refractivity contribution >= 4 is 22.9 Å². The summed E-state index contributed by atoms with van der Waals surface area (Å²) in [5, 5.41) is 8.72. The Balaban J connectivity index is 1.69. The van der Waals surface area contributed by atoms with Gasteiger partial charge in [-0.15, -0.1) is 0 Å². The van der Waals surface area contributed by atoms with Gasteiger partial charge < -0.3 is 20.1 Å². The van der Waals surface area contributed by atoms with Gasteiger partial charge in [-0.25, -0.2) is 15.0 Å². The fourth-order valence-corrected chi connectivity index (χ4v) is 4.03. The van der Waals surface area contributed by atoms with Gasteiger partial charge in [0, 0.05) is 44.0 Å². The summed E-state index contributed by atoms with van der Waals surface area (Å²) < 4.78 is 11.0. The number of hydrogen-bond donors (Lipinski definition) is 2. The average Bonchev–Trinajstić information content (AvgIpc) is 3.19. The first-order chi connectivity index (χ1) is 14.2. The molecule has 0 bridgehead atoms. The monoisotopic (exact) mass is 396 g/mol. The highest BCUT2D eigenvalue weighted by atomic mass is 16.5. The maximum Gasteiger partial charge on any atom is 0.228 e. The summed E-state index contributed by atoms with van der Waals surface area (Å²) >= 11 is 0. The Morgan fingerprint density at radius 3 is 2.59 bits per heavy atom. The van der Waals surface area contributed by atoms with E-state index in [1.807, 2.05) is 6.92 Å². The molecule has 3 aromatic rings. The van der Waals surface area contributed by atoms with E-state index in [9.17, 15) is 0 Å². The Hall–Kier alpha value is -2.85. The third kappa shape index (κ3) is 3.38. The van der Waals surface area contributed by atoms with Crippen molar-refractivity contribution in [3.63, 3.8) is 0 Å². The van der Waals surface area contributed by atoms with E-state index in [0.29, 0.717) is 25.1 Å². The van der Waals surface area contributed by atoms with E-state index in [1.54, 1.807) is 6.20 Å². The summed E-state index contributed by atoms with van der Waals surface area (Å²) in [6, 6.07) is 0. The third-order valence-electron chi connectivity index (χ3n) is 5.59. The molecule has 0 spiro atoms. The van der Waals surface area contributed by atoms with Crippen LogP contribution in [0.1, 0.15) is 30.1 Å². The Morgan fingerprint density at radius 1 is 1.07 bits per heavy atom. The van der Waals surface area contributed by atoms with Crippen molar-refractivity contribution in [3.05, 3.63) is 17.6 Å². The maximum atomic E-state index is 5.78. The van der Waals surface area contributed by atoms with Crippen LogP contribution in [0.2, 0.25) is 0 Å².